The van der Waals surface area contributed by atoms with Crippen molar-refractivity contribution in [3.63, 3.8) is 0 Å². The number of hydrogen-bond acceptors (Lipinski definition) is 3. The summed E-state index contributed by atoms with van der Waals surface area (Å²) in [6, 6.07) is 15.1. The maximum atomic E-state index is 12.2. The van der Waals surface area contributed by atoms with E-state index in [9.17, 15) is 4.79 Å². The van der Waals surface area contributed by atoms with Crippen LogP contribution < -0.4 is 10.1 Å². The number of nitrogens with one attached hydrogen (secondary N) is 1. The zero-order chi connectivity index (χ0) is 16.8. The maximum Gasteiger partial charge on any atom is 0.251 e. The van der Waals surface area contributed by atoms with Crippen molar-refractivity contribution < 1.29 is 14.3 Å². The predicted molar refractivity (Wildman–Crippen MR) is 96.2 cm³/mol. The van der Waals surface area contributed by atoms with E-state index in [2.05, 4.69) is 21.2 Å². The summed E-state index contributed by atoms with van der Waals surface area (Å²) in [4.78, 5) is 12.2. The van der Waals surface area contributed by atoms with Crippen molar-refractivity contribution in [2.45, 2.75) is 25.5 Å². The molecular weight excluding hydrogens is 370 g/mol. The van der Waals surface area contributed by atoms with Crippen LogP contribution in [0.15, 0.2) is 53.0 Å². The predicted octanol–water partition coefficient (Wildman–Crippen LogP) is 3.94. The molecule has 1 amide bonds. The highest BCUT2D eigenvalue weighted by atomic mass is 79.9. The molecule has 1 N–H and O–H groups in total. The highest BCUT2D eigenvalue weighted by Gasteiger charge is 2.16. The Morgan fingerprint density at radius 3 is 2.79 bits per heavy atom. The van der Waals surface area contributed by atoms with Crippen molar-refractivity contribution >= 4 is 21.8 Å². The molecule has 1 fully saturated rings. The van der Waals surface area contributed by atoms with Gasteiger partial charge in [0.05, 0.1) is 6.10 Å². The van der Waals surface area contributed by atoms with E-state index in [1.54, 1.807) is 12.1 Å². The number of halogens is 1. The Morgan fingerprint density at radius 2 is 2.08 bits per heavy atom. The van der Waals surface area contributed by atoms with Crippen molar-refractivity contribution in [1.29, 1.82) is 0 Å². The van der Waals surface area contributed by atoms with Crippen LogP contribution >= 0.6 is 15.9 Å². The van der Waals surface area contributed by atoms with Gasteiger partial charge in [-0.15, -0.1) is 0 Å². The zero-order valence-electron chi connectivity index (χ0n) is 13.3. The average molecular weight is 390 g/mol. The fraction of sp³-hybridized carbons (Fsp3) is 0.316. The first kappa shape index (κ1) is 17.0. The standard InChI is InChI=1S/C19H20BrNO3/c20-16-4-1-3-14(11-16)12-21-19(22)15-6-8-17(9-7-15)24-13-18-5-2-10-23-18/h1,3-4,6-9,11,18H,2,5,10,12-13H2,(H,21,22). The maximum absolute atomic E-state index is 12.2. The molecule has 0 bridgehead atoms. The third-order valence-corrected chi connectivity index (χ3v) is 4.41. The van der Waals surface area contributed by atoms with Crippen LogP contribution in [0.25, 0.3) is 0 Å². The van der Waals surface area contributed by atoms with E-state index in [4.69, 9.17) is 9.47 Å². The number of benzene rings is 2. The Bertz CT molecular complexity index is 681. The van der Waals surface area contributed by atoms with Gasteiger partial charge < -0.3 is 14.8 Å². The van der Waals surface area contributed by atoms with E-state index in [0.29, 0.717) is 18.7 Å². The SMILES string of the molecule is O=C(NCc1cccc(Br)c1)c1ccc(OCC2CCCO2)cc1. The summed E-state index contributed by atoms with van der Waals surface area (Å²) in [5, 5.41) is 2.92. The molecule has 0 aliphatic carbocycles. The van der Waals surface area contributed by atoms with Gasteiger partial charge in [-0.3, -0.25) is 4.79 Å². The topological polar surface area (TPSA) is 47.6 Å². The number of amides is 1. The van der Waals surface area contributed by atoms with Crippen molar-refractivity contribution in [1.82, 2.24) is 5.32 Å². The van der Waals surface area contributed by atoms with Gasteiger partial charge in [0.1, 0.15) is 12.4 Å². The summed E-state index contributed by atoms with van der Waals surface area (Å²) in [5.41, 5.74) is 1.67. The fourth-order valence-corrected chi connectivity index (χ4v) is 3.05. The molecule has 0 saturated carbocycles. The molecule has 3 rings (SSSR count). The van der Waals surface area contributed by atoms with Crippen molar-refractivity contribution in [2.75, 3.05) is 13.2 Å². The molecule has 1 saturated heterocycles. The molecule has 2 aromatic rings. The van der Waals surface area contributed by atoms with Crippen LogP contribution in [0.3, 0.4) is 0 Å². The Kier molecular flexibility index (Phi) is 5.88. The van der Waals surface area contributed by atoms with Gasteiger partial charge in [0.15, 0.2) is 0 Å². The van der Waals surface area contributed by atoms with Gasteiger partial charge in [-0.05, 0) is 54.8 Å². The van der Waals surface area contributed by atoms with Gasteiger partial charge in [-0.2, -0.15) is 0 Å². The van der Waals surface area contributed by atoms with E-state index in [1.807, 2.05) is 36.4 Å². The number of rotatable bonds is 6. The molecule has 0 radical (unpaired) electrons. The second kappa shape index (κ2) is 8.31. The second-order valence-electron chi connectivity index (χ2n) is 5.78. The summed E-state index contributed by atoms with van der Waals surface area (Å²) in [6.07, 6.45) is 2.35. The minimum absolute atomic E-state index is 0.0966. The van der Waals surface area contributed by atoms with Gasteiger partial charge in [-0.1, -0.05) is 28.1 Å². The Hall–Kier alpha value is -1.85. The fourth-order valence-electron chi connectivity index (χ4n) is 2.60. The monoisotopic (exact) mass is 389 g/mol. The number of ether oxygens (including phenoxy) is 2. The average Bonchev–Trinajstić information content (AvgIpc) is 3.12. The molecule has 24 heavy (non-hydrogen) atoms. The van der Waals surface area contributed by atoms with Gasteiger partial charge in [-0.25, -0.2) is 0 Å². The molecule has 4 nitrogen and oxygen atoms in total. The molecule has 2 aromatic carbocycles. The quantitative estimate of drug-likeness (QED) is 0.813. The second-order valence-corrected chi connectivity index (χ2v) is 6.70. The molecule has 1 atom stereocenters. The highest BCUT2D eigenvalue weighted by Crippen LogP contribution is 2.17. The van der Waals surface area contributed by atoms with Crippen LogP contribution in [-0.2, 0) is 11.3 Å². The number of hydrogen-bond donors (Lipinski definition) is 1. The van der Waals surface area contributed by atoms with E-state index >= 15 is 0 Å². The first-order valence-electron chi connectivity index (χ1n) is 8.08. The Balaban J connectivity index is 1.49. The summed E-state index contributed by atoms with van der Waals surface area (Å²) in [6.45, 7) is 1.88. The summed E-state index contributed by atoms with van der Waals surface area (Å²) in [5.74, 6) is 0.662. The van der Waals surface area contributed by atoms with Crippen LogP contribution in [0.5, 0.6) is 5.75 Å². The van der Waals surface area contributed by atoms with E-state index < -0.39 is 0 Å². The van der Waals surface area contributed by atoms with E-state index in [1.165, 1.54) is 0 Å². The highest BCUT2D eigenvalue weighted by molar-refractivity contribution is 9.10. The van der Waals surface area contributed by atoms with Crippen molar-refractivity contribution in [2.24, 2.45) is 0 Å². The molecule has 1 aliphatic rings. The lowest BCUT2D eigenvalue weighted by molar-refractivity contribution is 0.0679. The van der Waals surface area contributed by atoms with Gasteiger partial charge >= 0.3 is 0 Å². The lowest BCUT2D eigenvalue weighted by atomic mass is 10.2. The van der Waals surface area contributed by atoms with E-state index in [-0.39, 0.29) is 12.0 Å². The lowest BCUT2D eigenvalue weighted by Crippen LogP contribution is -2.22. The molecule has 0 aromatic heterocycles. The summed E-state index contributed by atoms with van der Waals surface area (Å²) < 4.78 is 12.2. The molecule has 1 heterocycles. The van der Waals surface area contributed by atoms with Crippen LogP contribution in [0.4, 0.5) is 0 Å². The summed E-state index contributed by atoms with van der Waals surface area (Å²) in [7, 11) is 0. The summed E-state index contributed by atoms with van der Waals surface area (Å²) >= 11 is 3.43. The molecule has 5 heteroatoms. The number of carbonyl (C=O) groups excluding carboxylic acids is 1. The molecular formula is C19H20BrNO3. The Labute approximate surface area is 150 Å². The third-order valence-electron chi connectivity index (χ3n) is 3.92. The van der Waals surface area contributed by atoms with Gasteiger partial charge in [0.25, 0.3) is 5.91 Å². The Morgan fingerprint density at radius 1 is 1.25 bits per heavy atom. The van der Waals surface area contributed by atoms with Crippen LogP contribution in [-0.4, -0.2) is 25.2 Å². The zero-order valence-corrected chi connectivity index (χ0v) is 14.9. The number of carbonyl (C=O) groups is 1. The van der Waals surface area contributed by atoms with Crippen LogP contribution in [0.2, 0.25) is 0 Å². The largest absolute Gasteiger partial charge is 0.491 e. The molecule has 0 spiro atoms. The first-order valence-corrected chi connectivity index (χ1v) is 8.87. The smallest absolute Gasteiger partial charge is 0.251 e. The van der Waals surface area contributed by atoms with Crippen molar-refractivity contribution in [3.05, 3.63) is 64.1 Å². The van der Waals surface area contributed by atoms with Gasteiger partial charge in [0, 0.05) is 23.2 Å². The normalized spacial score (nSPS) is 16.8. The van der Waals surface area contributed by atoms with Crippen LogP contribution in [0.1, 0.15) is 28.8 Å². The minimum atomic E-state index is -0.0966. The molecule has 1 unspecified atom stereocenters. The lowest BCUT2D eigenvalue weighted by Gasteiger charge is -2.12. The molecule has 1 aliphatic heterocycles. The van der Waals surface area contributed by atoms with Gasteiger partial charge in [0.2, 0.25) is 0 Å². The van der Waals surface area contributed by atoms with Crippen LogP contribution in [0, 0.1) is 0 Å². The molecule has 126 valence electrons. The van der Waals surface area contributed by atoms with Crippen molar-refractivity contribution in [3.8, 4) is 5.75 Å². The minimum Gasteiger partial charge on any atom is -0.491 e. The first-order chi connectivity index (χ1) is 11.7. The van der Waals surface area contributed by atoms with E-state index in [0.717, 1.165) is 35.2 Å². The third kappa shape index (κ3) is 4.82.